The lowest BCUT2D eigenvalue weighted by Crippen LogP contribution is -2.35. The number of nitrogens with zero attached hydrogens (tertiary/aromatic N) is 2. The van der Waals surface area contributed by atoms with Crippen molar-refractivity contribution in [3.63, 3.8) is 0 Å². The predicted molar refractivity (Wildman–Crippen MR) is 66.0 cm³/mol. The lowest BCUT2D eigenvalue weighted by Gasteiger charge is -2.17. The van der Waals surface area contributed by atoms with Crippen LogP contribution >= 0.6 is 0 Å². The molecule has 0 unspecified atom stereocenters. The molecule has 0 atom stereocenters. The van der Waals surface area contributed by atoms with E-state index in [0.717, 1.165) is 10.4 Å². The Morgan fingerprint density at radius 2 is 2.05 bits per heavy atom. The molecule has 106 valence electrons. The standard InChI is InChI=1S/C10H15N3O5S/c1-3-13(6-9(14)15)19(17,18)7-4-8(10(11)16)12(2)5-7/h4-5H,3,6H2,1-2H3,(H2,11,16)(H,14,15). The minimum atomic E-state index is -3.96. The van der Waals surface area contributed by atoms with Crippen molar-refractivity contribution < 1.29 is 23.1 Å². The van der Waals surface area contributed by atoms with Crippen molar-refractivity contribution in [1.29, 1.82) is 0 Å². The highest BCUT2D eigenvalue weighted by Crippen LogP contribution is 2.18. The fourth-order valence-electron chi connectivity index (χ4n) is 1.59. The Bertz CT molecular complexity index is 605. The summed E-state index contributed by atoms with van der Waals surface area (Å²) in [4.78, 5) is 21.6. The number of hydrogen-bond acceptors (Lipinski definition) is 4. The third-order valence-corrected chi connectivity index (χ3v) is 4.42. The van der Waals surface area contributed by atoms with Crippen molar-refractivity contribution >= 4 is 21.9 Å². The summed E-state index contributed by atoms with van der Waals surface area (Å²) >= 11 is 0. The Hall–Kier alpha value is -1.87. The molecule has 0 aliphatic heterocycles. The van der Waals surface area contributed by atoms with Gasteiger partial charge < -0.3 is 15.4 Å². The number of aliphatic carboxylic acids is 1. The highest BCUT2D eigenvalue weighted by molar-refractivity contribution is 7.89. The summed E-state index contributed by atoms with van der Waals surface area (Å²) in [6, 6.07) is 1.13. The van der Waals surface area contributed by atoms with Crippen molar-refractivity contribution in [3.8, 4) is 0 Å². The van der Waals surface area contributed by atoms with Gasteiger partial charge in [-0.3, -0.25) is 9.59 Å². The molecule has 1 amide bonds. The number of carboxylic acid groups (broad SMARTS) is 1. The van der Waals surface area contributed by atoms with E-state index in [1.165, 1.54) is 24.7 Å². The molecule has 1 rings (SSSR count). The molecule has 3 N–H and O–H groups in total. The van der Waals surface area contributed by atoms with Crippen LogP contribution in [0.1, 0.15) is 17.4 Å². The second-order valence-electron chi connectivity index (χ2n) is 3.86. The van der Waals surface area contributed by atoms with Gasteiger partial charge in [-0.1, -0.05) is 6.92 Å². The van der Waals surface area contributed by atoms with E-state index in [0.29, 0.717) is 0 Å². The minimum absolute atomic E-state index is 0.00936. The zero-order valence-electron chi connectivity index (χ0n) is 10.5. The number of aromatic nitrogens is 1. The largest absolute Gasteiger partial charge is 0.480 e. The van der Waals surface area contributed by atoms with Crippen LogP contribution in [-0.4, -0.2) is 47.4 Å². The molecule has 0 radical (unpaired) electrons. The van der Waals surface area contributed by atoms with Crippen LogP contribution in [0.2, 0.25) is 0 Å². The highest BCUT2D eigenvalue weighted by atomic mass is 32.2. The van der Waals surface area contributed by atoms with Crippen molar-refractivity contribution in [2.75, 3.05) is 13.1 Å². The summed E-state index contributed by atoms with van der Waals surface area (Å²) in [5, 5.41) is 8.69. The summed E-state index contributed by atoms with van der Waals surface area (Å²) in [7, 11) is -2.48. The maximum absolute atomic E-state index is 12.2. The number of carbonyl (C=O) groups excluding carboxylic acids is 1. The summed E-state index contributed by atoms with van der Waals surface area (Å²) in [6.07, 6.45) is 1.22. The van der Waals surface area contributed by atoms with Crippen LogP contribution in [0.25, 0.3) is 0 Å². The van der Waals surface area contributed by atoms with E-state index in [2.05, 4.69) is 0 Å². The van der Waals surface area contributed by atoms with Crippen LogP contribution in [0.5, 0.6) is 0 Å². The van der Waals surface area contributed by atoms with Gasteiger partial charge in [0.15, 0.2) is 0 Å². The topological polar surface area (TPSA) is 123 Å². The van der Waals surface area contributed by atoms with Crippen molar-refractivity contribution in [3.05, 3.63) is 18.0 Å². The zero-order chi connectivity index (χ0) is 14.8. The second-order valence-corrected chi connectivity index (χ2v) is 5.80. The molecule has 1 aromatic rings. The summed E-state index contributed by atoms with van der Waals surface area (Å²) < 4.78 is 26.5. The predicted octanol–water partition coefficient (Wildman–Crippen LogP) is -0.781. The Kier molecular flexibility index (Phi) is 4.32. The third kappa shape index (κ3) is 3.12. The summed E-state index contributed by atoms with van der Waals surface area (Å²) in [6.45, 7) is 0.896. The lowest BCUT2D eigenvalue weighted by atomic mass is 10.4. The number of amides is 1. The molecule has 0 aliphatic carbocycles. The van der Waals surface area contributed by atoms with Crippen LogP contribution < -0.4 is 5.73 Å². The number of aryl methyl sites for hydroxylation is 1. The number of carboxylic acids is 1. The average molecular weight is 289 g/mol. The normalized spacial score (nSPS) is 11.7. The molecular formula is C10H15N3O5S. The maximum atomic E-state index is 12.2. The molecule has 19 heavy (non-hydrogen) atoms. The van der Waals surface area contributed by atoms with Crippen LogP contribution in [0, 0.1) is 0 Å². The van der Waals surface area contributed by atoms with Gasteiger partial charge >= 0.3 is 5.97 Å². The van der Waals surface area contributed by atoms with E-state index < -0.39 is 28.4 Å². The number of nitrogens with two attached hydrogens (primary N) is 1. The fourth-order valence-corrected chi connectivity index (χ4v) is 3.06. The average Bonchev–Trinajstić information content (AvgIpc) is 2.68. The second kappa shape index (κ2) is 5.41. The van der Waals surface area contributed by atoms with E-state index in [1.807, 2.05) is 0 Å². The number of likely N-dealkylation sites (N-methyl/N-ethyl adjacent to an activating group) is 1. The van der Waals surface area contributed by atoms with Gasteiger partial charge in [0.2, 0.25) is 10.0 Å². The first kappa shape index (κ1) is 15.2. The smallest absolute Gasteiger partial charge is 0.318 e. The summed E-state index contributed by atoms with van der Waals surface area (Å²) in [5.41, 5.74) is 5.13. The number of hydrogen-bond donors (Lipinski definition) is 2. The quantitative estimate of drug-likeness (QED) is 0.711. The van der Waals surface area contributed by atoms with Crippen LogP contribution in [0.15, 0.2) is 17.2 Å². The molecule has 0 saturated carbocycles. The van der Waals surface area contributed by atoms with Gasteiger partial charge in [0.05, 0.1) is 0 Å². The first-order valence-electron chi connectivity index (χ1n) is 5.38. The monoisotopic (exact) mass is 289 g/mol. The summed E-state index contributed by atoms with van der Waals surface area (Å²) in [5.74, 6) is -2.01. The molecule has 0 saturated heterocycles. The molecule has 0 spiro atoms. The SMILES string of the molecule is CCN(CC(=O)O)S(=O)(=O)c1cc(C(N)=O)n(C)c1. The van der Waals surface area contributed by atoms with E-state index in [9.17, 15) is 18.0 Å². The Morgan fingerprint density at radius 1 is 1.47 bits per heavy atom. The first-order valence-corrected chi connectivity index (χ1v) is 6.82. The molecule has 1 aromatic heterocycles. The molecule has 8 nitrogen and oxygen atoms in total. The van der Waals surface area contributed by atoms with Crippen LogP contribution in [-0.2, 0) is 21.9 Å². The van der Waals surface area contributed by atoms with Gasteiger partial charge in [0.1, 0.15) is 17.1 Å². The minimum Gasteiger partial charge on any atom is -0.480 e. The molecule has 0 aromatic carbocycles. The van der Waals surface area contributed by atoms with Crippen molar-refractivity contribution in [2.45, 2.75) is 11.8 Å². The van der Waals surface area contributed by atoms with Crippen molar-refractivity contribution in [1.82, 2.24) is 8.87 Å². The maximum Gasteiger partial charge on any atom is 0.318 e. The lowest BCUT2D eigenvalue weighted by molar-refractivity contribution is -0.137. The molecule has 0 aliphatic rings. The zero-order valence-corrected chi connectivity index (χ0v) is 11.3. The van der Waals surface area contributed by atoms with E-state index in [1.54, 1.807) is 0 Å². The molecule has 0 fully saturated rings. The van der Waals surface area contributed by atoms with Gasteiger partial charge in [-0.05, 0) is 6.07 Å². The van der Waals surface area contributed by atoms with Gasteiger partial charge in [-0.15, -0.1) is 0 Å². The van der Waals surface area contributed by atoms with Gasteiger partial charge in [0.25, 0.3) is 5.91 Å². The van der Waals surface area contributed by atoms with E-state index in [4.69, 9.17) is 10.8 Å². The Balaban J connectivity index is 3.22. The van der Waals surface area contributed by atoms with Crippen LogP contribution in [0.4, 0.5) is 0 Å². The molecule has 0 bridgehead atoms. The van der Waals surface area contributed by atoms with Gasteiger partial charge in [-0.2, -0.15) is 4.31 Å². The van der Waals surface area contributed by atoms with Gasteiger partial charge in [0, 0.05) is 19.8 Å². The number of rotatable bonds is 6. The Labute approximate surface area is 110 Å². The molecule has 1 heterocycles. The number of carbonyl (C=O) groups is 2. The highest BCUT2D eigenvalue weighted by Gasteiger charge is 2.27. The molecular weight excluding hydrogens is 274 g/mol. The van der Waals surface area contributed by atoms with E-state index in [-0.39, 0.29) is 17.1 Å². The number of sulfonamides is 1. The van der Waals surface area contributed by atoms with E-state index >= 15 is 0 Å². The number of primary amides is 1. The molecule has 9 heteroatoms. The van der Waals surface area contributed by atoms with Crippen LogP contribution in [0.3, 0.4) is 0 Å². The fraction of sp³-hybridized carbons (Fsp3) is 0.400. The van der Waals surface area contributed by atoms with Gasteiger partial charge in [-0.25, -0.2) is 8.42 Å². The Morgan fingerprint density at radius 3 is 2.42 bits per heavy atom. The first-order chi connectivity index (χ1) is 8.70. The van der Waals surface area contributed by atoms with Crippen molar-refractivity contribution in [2.24, 2.45) is 12.8 Å². The third-order valence-electron chi connectivity index (χ3n) is 2.53.